The van der Waals surface area contributed by atoms with E-state index in [9.17, 15) is 4.79 Å². The van der Waals surface area contributed by atoms with Gasteiger partial charge in [-0.15, -0.1) is 0 Å². The van der Waals surface area contributed by atoms with E-state index in [2.05, 4.69) is 4.98 Å². The van der Waals surface area contributed by atoms with Crippen LogP contribution in [0.15, 0.2) is 48.5 Å². The molecule has 19 heavy (non-hydrogen) atoms. The van der Waals surface area contributed by atoms with Gasteiger partial charge in [0.1, 0.15) is 0 Å². The standard InChI is InChI=1S/C15H20N2O2/c1-5-7-9-13(8-6-2)15(19-12(3)18)14-10-16-11-17(14)4/h5-11,15H,1-4H3/b7-5-,8-6-,13-9+. The molecule has 1 atom stereocenters. The van der Waals surface area contributed by atoms with E-state index in [4.69, 9.17) is 4.74 Å². The van der Waals surface area contributed by atoms with Gasteiger partial charge in [0, 0.05) is 14.0 Å². The van der Waals surface area contributed by atoms with Gasteiger partial charge in [0.05, 0.1) is 18.2 Å². The van der Waals surface area contributed by atoms with Crippen LogP contribution in [-0.4, -0.2) is 15.5 Å². The van der Waals surface area contributed by atoms with Crippen LogP contribution >= 0.6 is 0 Å². The van der Waals surface area contributed by atoms with Gasteiger partial charge in [0.2, 0.25) is 0 Å². The highest BCUT2D eigenvalue weighted by molar-refractivity contribution is 5.66. The third kappa shape index (κ3) is 4.25. The van der Waals surface area contributed by atoms with Crippen molar-refractivity contribution in [2.45, 2.75) is 26.9 Å². The maximum atomic E-state index is 11.3. The Morgan fingerprint density at radius 1 is 1.42 bits per heavy atom. The summed E-state index contributed by atoms with van der Waals surface area (Å²) in [6.07, 6.45) is 12.6. The lowest BCUT2D eigenvalue weighted by Crippen LogP contribution is -2.13. The predicted octanol–water partition coefficient (Wildman–Crippen LogP) is 3.10. The molecule has 0 N–H and O–H groups in total. The van der Waals surface area contributed by atoms with Gasteiger partial charge in [-0.25, -0.2) is 4.98 Å². The summed E-state index contributed by atoms with van der Waals surface area (Å²) in [6.45, 7) is 5.28. The van der Waals surface area contributed by atoms with E-state index in [1.165, 1.54) is 6.92 Å². The van der Waals surface area contributed by atoms with Gasteiger partial charge >= 0.3 is 5.97 Å². The maximum absolute atomic E-state index is 11.3. The fraction of sp³-hybridized carbons (Fsp3) is 0.333. The number of carbonyl (C=O) groups is 1. The van der Waals surface area contributed by atoms with Crippen LogP contribution < -0.4 is 0 Å². The highest BCUT2D eigenvalue weighted by Gasteiger charge is 2.20. The molecule has 0 aliphatic heterocycles. The van der Waals surface area contributed by atoms with Crippen molar-refractivity contribution in [3.05, 3.63) is 54.2 Å². The summed E-state index contributed by atoms with van der Waals surface area (Å²) >= 11 is 0. The second-order valence-electron chi connectivity index (χ2n) is 4.11. The molecule has 0 amide bonds. The predicted molar refractivity (Wildman–Crippen MR) is 75.4 cm³/mol. The molecule has 0 bridgehead atoms. The number of aromatic nitrogens is 2. The van der Waals surface area contributed by atoms with E-state index in [1.54, 1.807) is 12.5 Å². The van der Waals surface area contributed by atoms with Gasteiger partial charge in [-0.05, 0) is 19.4 Å². The van der Waals surface area contributed by atoms with Crippen molar-refractivity contribution in [1.29, 1.82) is 0 Å². The molecule has 0 saturated heterocycles. The first kappa shape index (κ1) is 15.0. The Morgan fingerprint density at radius 2 is 2.16 bits per heavy atom. The number of hydrogen-bond acceptors (Lipinski definition) is 3. The zero-order valence-corrected chi connectivity index (χ0v) is 11.8. The van der Waals surface area contributed by atoms with Crippen molar-refractivity contribution in [3.63, 3.8) is 0 Å². The molecular weight excluding hydrogens is 240 g/mol. The molecule has 4 heteroatoms. The second-order valence-corrected chi connectivity index (χ2v) is 4.11. The molecule has 1 aromatic heterocycles. The van der Waals surface area contributed by atoms with E-state index in [1.807, 2.05) is 55.8 Å². The summed E-state index contributed by atoms with van der Waals surface area (Å²) in [6, 6.07) is 0. The largest absolute Gasteiger partial charge is 0.451 e. The molecule has 0 aliphatic rings. The lowest BCUT2D eigenvalue weighted by atomic mass is 10.1. The van der Waals surface area contributed by atoms with Crippen LogP contribution in [0.1, 0.15) is 32.6 Å². The first-order valence-electron chi connectivity index (χ1n) is 6.19. The molecule has 0 aliphatic carbocycles. The van der Waals surface area contributed by atoms with Crippen molar-refractivity contribution in [2.75, 3.05) is 0 Å². The number of nitrogens with zero attached hydrogens (tertiary/aromatic N) is 2. The number of esters is 1. The lowest BCUT2D eigenvalue weighted by Gasteiger charge is -2.18. The fourth-order valence-corrected chi connectivity index (χ4v) is 1.72. The van der Waals surface area contributed by atoms with Crippen molar-refractivity contribution in [3.8, 4) is 0 Å². The van der Waals surface area contributed by atoms with Gasteiger partial charge in [0.25, 0.3) is 0 Å². The third-order valence-electron chi connectivity index (χ3n) is 2.55. The number of imidazole rings is 1. The van der Waals surface area contributed by atoms with Gasteiger partial charge in [-0.2, -0.15) is 0 Å². The average Bonchev–Trinajstić information content (AvgIpc) is 2.78. The van der Waals surface area contributed by atoms with Crippen LogP contribution in [-0.2, 0) is 16.6 Å². The molecule has 0 spiro atoms. The highest BCUT2D eigenvalue weighted by Crippen LogP contribution is 2.26. The first-order chi connectivity index (χ1) is 9.10. The van der Waals surface area contributed by atoms with E-state index in [-0.39, 0.29) is 5.97 Å². The van der Waals surface area contributed by atoms with Gasteiger partial charge in [-0.1, -0.05) is 30.4 Å². The molecular formula is C15H20N2O2. The van der Waals surface area contributed by atoms with Crippen LogP contribution in [0.5, 0.6) is 0 Å². The van der Waals surface area contributed by atoms with Crippen LogP contribution in [0.2, 0.25) is 0 Å². The Labute approximate surface area is 114 Å². The topological polar surface area (TPSA) is 44.1 Å². The molecule has 0 saturated carbocycles. The van der Waals surface area contributed by atoms with Crippen LogP contribution in [0.3, 0.4) is 0 Å². The summed E-state index contributed by atoms with van der Waals surface area (Å²) in [7, 11) is 1.88. The molecule has 1 unspecified atom stereocenters. The van der Waals surface area contributed by atoms with Crippen LogP contribution in [0, 0.1) is 0 Å². The molecule has 0 fully saturated rings. The van der Waals surface area contributed by atoms with Gasteiger partial charge in [0.15, 0.2) is 6.10 Å². The summed E-state index contributed by atoms with van der Waals surface area (Å²) < 4.78 is 7.28. The number of rotatable bonds is 5. The quantitative estimate of drug-likeness (QED) is 0.603. The zero-order chi connectivity index (χ0) is 14.3. The lowest BCUT2D eigenvalue weighted by molar-refractivity contribution is -0.145. The molecule has 1 rings (SSSR count). The highest BCUT2D eigenvalue weighted by atomic mass is 16.5. The van der Waals surface area contributed by atoms with Gasteiger partial charge < -0.3 is 9.30 Å². The number of aryl methyl sites for hydroxylation is 1. The minimum atomic E-state index is -0.447. The van der Waals surface area contributed by atoms with Crippen molar-refractivity contribution >= 4 is 5.97 Å². The second kappa shape index (κ2) is 7.36. The fourth-order valence-electron chi connectivity index (χ4n) is 1.72. The van der Waals surface area contributed by atoms with E-state index < -0.39 is 6.10 Å². The maximum Gasteiger partial charge on any atom is 0.303 e. The molecule has 102 valence electrons. The number of allylic oxidation sites excluding steroid dienone is 4. The van der Waals surface area contributed by atoms with E-state index in [0.717, 1.165) is 11.3 Å². The number of hydrogen-bond donors (Lipinski definition) is 0. The first-order valence-corrected chi connectivity index (χ1v) is 6.19. The molecule has 1 aromatic rings. The Bertz CT molecular complexity index is 510. The number of carbonyl (C=O) groups excluding carboxylic acids is 1. The zero-order valence-electron chi connectivity index (χ0n) is 11.8. The van der Waals surface area contributed by atoms with E-state index >= 15 is 0 Å². The molecule has 4 nitrogen and oxygen atoms in total. The summed E-state index contributed by atoms with van der Waals surface area (Å²) in [4.78, 5) is 15.4. The Balaban J connectivity index is 3.21. The van der Waals surface area contributed by atoms with Crippen molar-refractivity contribution in [2.24, 2.45) is 7.05 Å². The summed E-state index contributed by atoms with van der Waals surface area (Å²) in [5.74, 6) is -0.318. The third-order valence-corrected chi connectivity index (χ3v) is 2.55. The summed E-state index contributed by atoms with van der Waals surface area (Å²) in [5.41, 5.74) is 1.74. The molecule has 1 heterocycles. The normalized spacial score (nSPS) is 14.2. The van der Waals surface area contributed by atoms with Crippen LogP contribution in [0.25, 0.3) is 0 Å². The SMILES string of the molecule is C\C=C/C=C(\C=C/C)C(OC(C)=O)c1cncn1C. The average molecular weight is 260 g/mol. The minimum Gasteiger partial charge on any atom is -0.451 e. The number of ether oxygens (including phenoxy) is 1. The monoisotopic (exact) mass is 260 g/mol. The Hall–Kier alpha value is -2.10. The van der Waals surface area contributed by atoms with Crippen molar-refractivity contribution in [1.82, 2.24) is 9.55 Å². The molecule has 0 radical (unpaired) electrons. The van der Waals surface area contributed by atoms with Crippen LogP contribution in [0.4, 0.5) is 0 Å². The smallest absolute Gasteiger partial charge is 0.303 e. The summed E-state index contributed by atoms with van der Waals surface area (Å²) in [5, 5.41) is 0. The Kier molecular flexibility index (Phi) is 5.79. The Morgan fingerprint density at radius 3 is 2.63 bits per heavy atom. The van der Waals surface area contributed by atoms with E-state index in [0.29, 0.717) is 0 Å². The minimum absolute atomic E-state index is 0.318. The van der Waals surface area contributed by atoms with Gasteiger partial charge in [-0.3, -0.25) is 4.79 Å². The molecule has 0 aromatic carbocycles. The van der Waals surface area contributed by atoms with Crippen molar-refractivity contribution < 1.29 is 9.53 Å².